The molecule has 116 valence electrons. The molecule has 0 aliphatic carbocycles. The van der Waals surface area contributed by atoms with Gasteiger partial charge in [-0.25, -0.2) is 0 Å². The number of hydrogen-bond donors (Lipinski definition) is 2. The van der Waals surface area contributed by atoms with Crippen LogP contribution in [-0.2, 0) is 6.18 Å². The van der Waals surface area contributed by atoms with Crippen molar-refractivity contribution in [3.05, 3.63) is 65.5 Å². The van der Waals surface area contributed by atoms with Gasteiger partial charge in [0.2, 0.25) is 11.8 Å². The van der Waals surface area contributed by atoms with Crippen LogP contribution in [0.5, 0.6) is 0 Å². The van der Waals surface area contributed by atoms with Crippen molar-refractivity contribution in [1.82, 2.24) is 4.98 Å². The Hall–Kier alpha value is -2.90. The minimum atomic E-state index is -4.32. The first-order valence-electron chi connectivity index (χ1n) is 5.90. The van der Waals surface area contributed by atoms with Crippen molar-refractivity contribution in [2.45, 2.75) is 6.18 Å². The molecule has 0 fully saturated rings. The molecule has 1 aromatic carbocycles. The molecular weight excluding hydrogens is 299 g/mol. The molecule has 2 rings (SSSR count). The number of nitrogens with zero attached hydrogens (tertiary/aromatic N) is 1. The monoisotopic (exact) mass is 311 g/mol. The fraction of sp³-hybridized carbons (Fsp3) is 0.0714. The minimum absolute atomic E-state index is 0.157. The highest BCUT2D eigenvalue weighted by atomic mass is 19.4. The van der Waals surface area contributed by atoms with Crippen LogP contribution in [0.15, 0.2) is 48.7 Å². The second-order valence-corrected chi connectivity index (χ2v) is 3.99. The molecule has 4 N–H and O–H groups in total. The van der Waals surface area contributed by atoms with Gasteiger partial charge in [-0.3, -0.25) is 14.6 Å². The molecule has 0 bridgehead atoms. The van der Waals surface area contributed by atoms with E-state index in [1.807, 2.05) is 0 Å². The van der Waals surface area contributed by atoms with Gasteiger partial charge in [-0.2, -0.15) is 13.2 Å². The number of benzene rings is 1. The van der Waals surface area contributed by atoms with Crippen LogP contribution < -0.4 is 11.5 Å². The Morgan fingerprint density at radius 3 is 1.59 bits per heavy atom. The zero-order valence-corrected chi connectivity index (χ0v) is 11.2. The molecule has 0 unspecified atom stereocenters. The Balaban J connectivity index is 0.000000224. The molecule has 0 saturated heterocycles. The number of nitrogens with two attached hydrogens (primary N) is 2. The molecular formula is C14H12F3N3O2. The fourth-order valence-corrected chi connectivity index (χ4v) is 1.44. The zero-order chi connectivity index (χ0) is 16.8. The lowest BCUT2D eigenvalue weighted by molar-refractivity contribution is -0.141. The van der Waals surface area contributed by atoms with Crippen LogP contribution in [0.2, 0.25) is 0 Å². The predicted molar refractivity (Wildman–Crippen MR) is 72.7 cm³/mol. The number of hydrogen-bond acceptors (Lipinski definition) is 3. The third kappa shape index (κ3) is 4.89. The van der Waals surface area contributed by atoms with Gasteiger partial charge in [-0.05, 0) is 24.3 Å². The summed E-state index contributed by atoms with van der Waals surface area (Å²) in [5, 5.41) is 0. The van der Waals surface area contributed by atoms with Crippen LogP contribution in [0, 0.1) is 0 Å². The molecule has 0 spiro atoms. The third-order valence-corrected chi connectivity index (χ3v) is 2.41. The van der Waals surface area contributed by atoms with Gasteiger partial charge >= 0.3 is 6.18 Å². The lowest BCUT2D eigenvalue weighted by Gasteiger charge is -2.02. The van der Waals surface area contributed by atoms with E-state index in [0.29, 0.717) is 0 Å². The van der Waals surface area contributed by atoms with E-state index in [1.165, 1.54) is 24.3 Å². The van der Waals surface area contributed by atoms with Crippen molar-refractivity contribution in [2.24, 2.45) is 11.5 Å². The lowest BCUT2D eigenvalue weighted by atomic mass is 10.1. The Bertz CT molecular complexity index is 625. The molecule has 22 heavy (non-hydrogen) atoms. The van der Waals surface area contributed by atoms with Gasteiger partial charge in [0, 0.05) is 6.20 Å². The highest BCUT2D eigenvalue weighted by Crippen LogP contribution is 2.26. The van der Waals surface area contributed by atoms with Crippen molar-refractivity contribution in [3.8, 4) is 0 Å². The summed E-state index contributed by atoms with van der Waals surface area (Å²) in [7, 11) is 0. The summed E-state index contributed by atoms with van der Waals surface area (Å²) in [6, 6.07) is 9.83. The summed E-state index contributed by atoms with van der Waals surface area (Å²) in [5.74, 6) is -1.30. The minimum Gasteiger partial charge on any atom is -0.366 e. The molecule has 2 amide bonds. The first-order chi connectivity index (χ1) is 10.2. The Morgan fingerprint density at radius 2 is 1.32 bits per heavy atom. The van der Waals surface area contributed by atoms with Crippen molar-refractivity contribution in [2.75, 3.05) is 0 Å². The molecule has 0 aliphatic heterocycles. The molecule has 8 heteroatoms. The summed E-state index contributed by atoms with van der Waals surface area (Å²) in [6.45, 7) is 0. The number of amides is 2. The van der Waals surface area contributed by atoms with E-state index < -0.39 is 23.7 Å². The van der Waals surface area contributed by atoms with Crippen LogP contribution in [0.3, 0.4) is 0 Å². The second kappa shape index (κ2) is 7.21. The molecule has 1 heterocycles. The van der Waals surface area contributed by atoms with Gasteiger partial charge in [0.15, 0.2) is 0 Å². The Kier molecular flexibility index (Phi) is 5.62. The van der Waals surface area contributed by atoms with Gasteiger partial charge in [0.05, 0.1) is 11.1 Å². The lowest BCUT2D eigenvalue weighted by Crippen LogP contribution is -2.20. The summed E-state index contributed by atoms with van der Waals surface area (Å²) in [6.07, 6.45) is -3.20. The van der Waals surface area contributed by atoms with Crippen LogP contribution in [0.25, 0.3) is 0 Å². The first-order valence-corrected chi connectivity index (χ1v) is 5.90. The van der Waals surface area contributed by atoms with Crippen LogP contribution in [0.1, 0.15) is 26.4 Å². The Morgan fingerprint density at radius 1 is 0.864 bits per heavy atom. The summed E-state index contributed by atoms with van der Waals surface area (Å²) in [4.78, 5) is 24.6. The number of primary amides is 2. The normalized spacial score (nSPS) is 10.3. The van der Waals surface area contributed by atoms with Crippen LogP contribution >= 0.6 is 0 Å². The molecule has 0 atom stereocenters. The zero-order valence-electron chi connectivity index (χ0n) is 11.2. The number of carbonyl (C=O) groups is 2. The number of rotatable bonds is 2. The maximum Gasteiger partial charge on any atom is 0.433 e. The van der Waals surface area contributed by atoms with E-state index >= 15 is 0 Å². The fourth-order valence-electron chi connectivity index (χ4n) is 1.44. The van der Waals surface area contributed by atoms with Crippen LogP contribution in [-0.4, -0.2) is 16.8 Å². The van der Waals surface area contributed by atoms with E-state index in [1.54, 1.807) is 12.1 Å². The van der Waals surface area contributed by atoms with E-state index in [9.17, 15) is 22.8 Å². The average molecular weight is 311 g/mol. The number of alkyl halides is 3. The summed E-state index contributed by atoms with van der Waals surface area (Å²) >= 11 is 0. The second-order valence-electron chi connectivity index (χ2n) is 3.99. The highest BCUT2D eigenvalue weighted by Gasteiger charge is 2.31. The van der Waals surface area contributed by atoms with E-state index in [0.717, 1.165) is 12.3 Å². The predicted octanol–water partition coefficient (Wildman–Crippen LogP) is 1.98. The van der Waals surface area contributed by atoms with E-state index in [4.69, 9.17) is 11.5 Å². The van der Waals surface area contributed by atoms with Gasteiger partial charge < -0.3 is 11.5 Å². The van der Waals surface area contributed by atoms with Gasteiger partial charge in [0.25, 0.3) is 0 Å². The van der Waals surface area contributed by atoms with E-state index in [2.05, 4.69) is 4.98 Å². The Labute approximate surface area is 123 Å². The topological polar surface area (TPSA) is 99.1 Å². The molecule has 5 nitrogen and oxygen atoms in total. The smallest absolute Gasteiger partial charge is 0.366 e. The van der Waals surface area contributed by atoms with Crippen LogP contribution in [0.4, 0.5) is 13.2 Å². The number of aromatic nitrogens is 1. The van der Waals surface area contributed by atoms with Crippen molar-refractivity contribution in [3.63, 3.8) is 0 Å². The number of pyridine rings is 1. The van der Waals surface area contributed by atoms with Crippen molar-refractivity contribution in [1.29, 1.82) is 0 Å². The number of carbonyl (C=O) groups excluding carboxylic acids is 2. The quantitative estimate of drug-likeness (QED) is 0.887. The molecule has 0 radical (unpaired) electrons. The molecule has 2 aromatic rings. The van der Waals surface area contributed by atoms with E-state index in [-0.39, 0.29) is 11.1 Å². The maximum absolute atomic E-state index is 11.7. The van der Waals surface area contributed by atoms with Crippen molar-refractivity contribution < 1.29 is 22.8 Å². The van der Waals surface area contributed by atoms with Gasteiger partial charge in [-0.15, -0.1) is 0 Å². The summed E-state index contributed by atoms with van der Waals surface area (Å²) in [5.41, 5.74) is 9.47. The maximum atomic E-state index is 11.7. The largest absolute Gasteiger partial charge is 0.433 e. The SMILES string of the molecule is FC(F)(F)c1ccccn1.NC(=O)c1ccccc1C(N)=O. The third-order valence-electron chi connectivity index (χ3n) is 2.41. The van der Waals surface area contributed by atoms with Crippen molar-refractivity contribution >= 4 is 11.8 Å². The average Bonchev–Trinajstić information content (AvgIpc) is 2.48. The standard InChI is InChI=1S/C8H8N2O2.C6H4F3N/c9-7(11)5-3-1-2-4-6(5)8(10)12;7-6(8,9)5-3-1-2-4-10-5/h1-4H,(H2,9,11)(H2,10,12);1-4H. The number of halogens is 3. The molecule has 1 aromatic heterocycles. The summed E-state index contributed by atoms with van der Waals surface area (Å²) < 4.78 is 35.2. The van der Waals surface area contributed by atoms with Gasteiger partial charge in [0.1, 0.15) is 5.69 Å². The van der Waals surface area contributed by atoms with Gasteiger partial charge in [-0.1, -0.05) is 18.2 Å². The highest BCUT2D eigenvalue weighted by molar-refractivity contribution is 6.06. The first kappa shape index (κ1) is 17.2. The molecule has 0 saturated carbocycles. The molecule has 0 aliphatic rings.